The van der Waals surface area contributed by atoms with Crippen molar-refractivity contribution >= 4 is 26.0 Å². The maximum atomic E-state index is 13.0. The molecule has 0 saturated carbocycles. The van der Waals surface area contributed by atoms with Crippen LogP contribution in [0.4, 0.5) is 0 Å². The van der Waals surface area contributed by atoms with Gasteiger partial charge in [-0.05, 0) is 24.3 Å². The number of nitrogens with zero attached hydrogens (tertiary/aromatic N) is 2. The van der Waals surface area contributed by atoms with Crippen LogP contribution in [0.3, 0.4) is 0 Å². The highest BCUT2D eigenvalue weighted by Crippen LogP contribution is 2.40. The molecule has 130 valence electrons. The molecule has 0 atom stereocenters. The van der Waals surface area contributed by atoms with E-state index < -0.39 is 10.0 Å². The van der Waals surface area contributed by atoms with Crippen molar-refractivity contribution in [1.29, 1.82) is 0 Å². The summed E-state index contributed by atoms with van der Waals surface area (Å²) in [7, 11) is -0.780. The second-order valence-electron chi connectivity index (χ2n) is 5.05. The van der Waals surface area contributed by atoms with Crippen LogP contribution >= 0.6 is 15.9 Å². The summed E-state index contributed by atoms with van der Waals surface area (Å²) in [6, 6.07) is 11.7. The molecule has 0 radical (unpaired) electrons. The summed E-state index contributed by atoms with van der Waals surface area (Å²) >= 11 is 3.40. The van der Waals surface area contributed by atoms with E-state index in [1.54, 1.807) is 30.3 Å². The number of rotatable bonds is 5. The molecule has 0 N–H and O–H groups in total. The number of aromatic nitrogens is 2. The first kappa shape index (κ1) is 17.5. The molecule has 0 fully saturated rings. The van der Waals surface area contributed by atoms with Crippen LogP contribution in [0.15, 0.2) is 64.2 Å². The van der Waals surface area contributed by atoms with E-state index in [9.17, 15) is 8.42 Å². The van der Waals surface area contributed by atoms with Gasteiger partial charge in [0.05, 0.1) is 24.7 Å². The van der Waals surface area contributed by atoms with Gasteiger partial charge in [0.15, 0.2) is 17.3 Å². The number of halogens is 1. The van der Waals surface area contributed by atoms with Crippen LogP contribution in [-0.4, -0.2) is 31.6 Å². The Morgan fingerprint density at radius 2 is 1.80 bits per heavy atom. The number of ether oxygens (including phenoxy) is 2. The zero-order chi connectivity index (χ0) is 18.0. The Balaban J connectivity index is 2.24. The van der Waals surface area contributed by atoms with Gasteiger partial charge in [-0.1, -0.05) is 34.1 Å². The Bertz CT molecular complexity index is 1000. The van der Waals surface area contributed by atoms with Crippen LogP contribution in [-0.2, 0) is 10.0 Å². The molecular weight excluding hydrogens is 408 g/mol. The van der Waals surface area contributed by atoms with Gasteiger partial charge in [-0.2, -0.15) is 0 Å². The molecule has 25 heavy (non-hydrogen) atoms. The molecule has 1 heterocycles. The third-order valence-electron chi connectivity index (χ3n) is 3.59. The Kier molecular flexibility index (Phi) is 4.82. The normalized spacial score (nSPS) is 11.3. The Morgan fingerprint density at radius 3 is 2.44 bits per heavy atom. The zero-order valence-electron chi connectivity index (χ0n) is 13.5. The molecule has 3 rings (SSSR count). The van der Waals surface area contributed by atoms with E-state index >= 15 is 0 Å². The van der Waals surface area contributed by atoms with Crippen LogP contribution in [0.2, 0.25) is 0 Å². The highest BCUT2D eigenvalue weighted by molar-refractivity contribution is 9.10. The molecule has 0 aliphatic rings. The maximum absolute atomic E-state index is 13.0. The first-order chi connectivity index (χ1) is 12.0. The summed E-state index contributed by atoms with van der Waals surface area (Å²) < 4.78 is 38.5. The summed E-state index contributed by atoms with van der Waals surface area (Å²) in [6.45, 7) is 0. The Morgan fingerprint density at radius 1 is 1.08 bits per heavy atom. The molecule has 0 saturated heterocycles. The Labute approximate surface area is 154 Å². The second kappa shape index (κ2) is 6.89. The van der Waals surface area contributed by atoms with E-state index in [1.807, 2.05) is 0 Å². The average Bonchev–Trinajstić information content (AvgIpc) is 3.12. The lowest BCUT2D eigenvalue weighted by Gasteiger charge is -2.15. The minimum Gasteiger partial charge on any atom is -0.493 e. The van der Waals surface area contributed by atoms with Gasteiger partial charge in [0.1, 0.15) is 0 Å². The Hall–Kier alpha value is -2.32. The van der Waals surface area contributed by atoms with E-state index in [1.165, 1.54) is 38.7 Å². The summed E-state index contributed by atoms with van der Waals surface area (Å²) in [4.78, 5) is 4.41. The molecule has 0 spiro atoms. The van der Waals surface area contributed by atoms with Gasteiger partial charge in [0.25, 0.3) is 10.0 Å². The molecule has 0 unspecified atom stereocenters. The number of hydrogen-bond acceptors (Lipinski definition) is 5. The van der Waals surface area contributed by atoms with Crippen LogP contribution in [0, 0.1) is 0 Å². The van der Waals surface area contributed by atoms with Gasteiger partial charge in [-0.3, -0.25) is 0 Å². The lowest BCUT2D eigenvalue weighted by Crippen LogP contribution is -2.13. The number of hydrogen-bond donors (Lipinski definition) is 0. The topological polar surface area (TPSA) is 70.4 Å². The molecule has 3 aromatic rings. The van der Waals surface area contributed by atoms with E-state index in [-0.39, 0.29) is 10.7 Å². The van der Waals surface area contributed by atoms with Crippen molar-refractivity contribution in [3.8, 4) is 22.9 Å². The van der Waals surface area contributed by atoms with Crippen molar-refractivity contribution in [3.63, 3.8) is 0 Å². The third-order valence-corrected chi connectivity index (χ3v) is 5.73. The van der Waals surface area contributed by atoms with Crippen LogP contribution in [0.1, 0.15) is 0 Å². The smallest absolute Gasteiger partial charge is 0.269 e. The number of methoxy groups -OCH3 is 2. The van der Waals surface area contributed by atoms with Crippen molar-refractivity contribution in [2.24, 2.45) is 0 Å². The maximum Gasteiger partial charge on any atom is 0.269 e. The fraction of sp³-hybridized carbons (Fsp3) is 0.118. The van der Waals surface area contributed by atoms with Gasteiger partial charge in [-0.25, -0.2) is 17.4 Å². The second-order valence-corrected chi connectivity index (χ2v) is 7.78. The lowest BCUT2D eigenvalue weighted by molar-refractivity contribution is 0.355. The highest BCUT2D eigenvalue weighted by atomic mass is 79.9. The molecule has 0 aliphatic heterocycles. The first-order valence-electron chi connectivity index (χ1n) is 7.25. The van der Waals surface area contributed by atoms with Crippen molar-refractivity contribution in [2.45, 2.75) is 4.90 Å². The summed E-state index contributed by atoms with van der Waals surface area (Å²) in [5.41, 5.74) is 0.498. The SMILES string of the molecule is COc1cc(Br)cc(-c2nccn2S(=O)(=O)c2ccccc2)c1OC. The summed E-state index contributed by atoms with van der Waals surface area (Å²) in [5, 5.41) is 0. The number of imidazole rings is 1. The highest BCUT2D eigenvalue weighted by Gasteiger charge is 2.24. The average molecular weight is 423 g/mol. The van der Waals surface area contributed by atoms with Crippen LogP contribution in [0.25, 0.3) is 11.4 Å². The van der Waals surface area contributed by atoms with Crippen molar-refractivity contribution < 1.29 is 17.9 Å². The fourth-order valence-electron chi connectivity index (χ4n) is 2.48. The molecule has 0 bridgehead atoms. The van der Waals surface area contributed by atoms with Gasteiger partial charge < -0.3 is 9.47 Å². The van der Waals surface area contributed by atoms with Gasteiger partial charge in [0.2, 0.25) is 0 Å². The van der Waals surface area contributed by atoms with Gasteiger partial charge >= 0.3 is 0 Å². The molecule has 6 nitrogen and oxygen atoms in total. The minimum absolute atomic E-state index is 0.176. The third kappa shape index (κ3) is 3.14. The summed E-state index contributed by atoms with van der Waals surface area (Å²) in [5.74, 6) is 1.11. The van der Waals surface area contributed by atoms with E-state index in [0.717, 1.165) is 3.97 Å². The quantitative estimate of drug-likeness (QED) is 0.628. The summed E-state index contributed by atoms with van der Waals surface area (Å²) in [6.07, 6.45) is 2.84. The molecule has 0 aliphatic carbocycles. The standard InChI is InChI=1S/C17H15BrN2O4S/c1-23-15-11-12(18)10-14(16(15)24-2)17-19-8-9-20(17)25(21,22)13-6-4-3-5-7-13/h3-11H,1-2H3. The van der Waals surface area contributed by atoms with Crippen molar-refractivity contribution in [3.05, 3.63) is 59.3 Å². The van der Waals surface area contributed by atoms with Gasteiger partial charge in [-0.15, -0.1) is 0 Å². The molecule has 1 aromatic heterocycles. The fourth-order valence-corrected chi connectivity index (χ4v) is 4.23. The predicted molar refractivity (Wildman–Crippen MR) is 97.5 cm³/mol. The van der Waals surface area contributed by atoms with E-state index in [4.69, 9.17) is 9.47 Å². The molecule has 0 amide bonds. The van der Waals surface area contributed by atoms with E-state index in [2.05, 4.69) is 20.9 Å². The predicted octanol–water partition coefficient (Wildman–Crippen LogP) is 3.57. The first-order valence-corrected chi connectivity index (χ1v) is 9.48. The van der Waals surface area contributed by atoms with Crippen LogP contribution in [0.5, 0.6) is 11.5 Å². The van der Waals surface area contributed by atoms with Crippen molar-refractivity contribution in [1.82, 2.24) is 8.96 Å². The van der Waals surface area contributed by atoms with Crippen molar-refractivity contribution in [2.75, 3.05) is 14.2 Å². The molecular formula is C17H15BrN2O4S. The monoisotopic (exact) mass is 422 g/mol. The zero-order valence-corrected chi connectivity index (χ0v) is 15.9. The largest absolute Gasteiger partial charge is 0.493 e. The molecule has 2 aromatic carbocycles. The number of benzene rings is 2. The van der Waals surface area contributed by atoms with Crippen LogP contribution < -0.4 is 9.47 Å². The van der Waals surface area contributed by atoms with E-state index in [0.29, 0.717) is 21.5 Å². The van der Waals surface area contributed by atoms with Gasteiger partial charge in [0, 0.05) is 16.9 Å². The minimum atomic E-state index is -3.79. The molecule has 8 heteroatoms. The lowest BCUT2D eigenvalue weighted by atomic mass is 10.1.